The SMILES string of the molecule is Cc1cc(C)c2[nH]c(=O)c(C[NH+](Cc3nnnn3C(C)(C)C)C[C@H]3CCCO3)cc2c1. The molecular weight excluding hydrogens is 392 g/mol. The molecule has 3 heterocycles. The topological polar surface area (TPSA) is 90.1 Å². The fourth-order valence-corrected chi connectivity index (χ4v) is 4.53. The van der Waals surface area contributed by atoms with Crippen LogP contribution in [0.4, 0.5) is 0 Å². The van der Waals surface area contributed by atoms with E-state index in [2.05, 4.69) is 60.3 Å². The number of ether oxygens (including phenoxy) is 1. The summed E-state index contributed by atoms with van der Waals surface area (Å²) in [6.07, 6.45) is 2.35. The highest BCUT2D eigenvalue weighted by atomic mass is 16.5. The fraction of sp³-hybridized carbons (Fsp3) is 0.565. The van der Waals surface area contributed by atoms with Crippen molar-refractivity contribution in [3.05, 3.63) is 51.1 Å². The third kappa shape index (κ3) is 4.85. The second-order valence-electron chi connectivity index (χ2n) is 9.79. The minimum Gasteiger partial charge on any atom is -0.372 e. The Morgan fingerprint density at radius 1 is 1.23 bits per heavy atom. The molecule has 0 spiro atoms. The van der Waals surface area contributed by atoms with Crippen molar-refractivity contribution < 1.29 is 9.64 Å². The van der Waals surface area contributed by atoms with Crippen LogP contribution in [0.3, 0.4) is 0 Å². The lowest BCUT2D eigenvalue weighted by molar-refractivity contribution is -0.931. The largest absolute Gasteiger partial charge is 0.372 e. The lowest BCUT2D eigenvalue weighted by Gasteiger charge is -2.24. The molecule has 1 unspecified atom stereocenters. The fourth-order valence-electron chi connectivity index (χ4n) is 4.53. The Kier molecular flexibility index (Phi) is 5.94. The predicted octanol–water partition coefficient (Wildman–Crippen LogP) is 1.65. The number of pyridine rings is 1. The van der Waals surface area contributed by atoms with E-state index in [1.807, 2.05) is 17.7 Å². The first-order valence-corrected chi connectivity index (χ1v) is 11.1. The van der Waals surface area contributed by atoms with E-state index in [0.717, 1.165) is 53.8 Å². The number of H-pyrrole nitrogens is 1. The first kappa shape index (κ1) is 21.6. The molecule has 0 saturated carbocycles. The van der Waals surface area contributed by atoms with Crippen molar-refractivity contribution in [2.45, 2.75) is 72.2 Å². The number of hydrogen-bond donors (Lipinski definition) is 2. The standard InChI is InChI=1S/C23H32N6O2/c1-15-9-16(2)21-17(10-15)11-18(22(30)24-21)12-28(13-19-7-6-8-31-19)14-20-25-26-27-29(20)23(3,4)5/h9-11,19H,6-8,12-14H2,1-5H3,(H,24,30)/p+1/t19-/m1/s1. The van der Waals surface area contributed by atoms with Crippen molar-refractivity contribution in [3.8, 4) is 0 Å². The zero-order valence-electron chi connectivity index (χ0n) is 19.2. The minimum absolute atomic E-state index is 0.0280. The van der Waals surface area contributed by atoms with Gasteiger partial charge >= 0.3 is 0 Å². The second-order valence-corrected chi connectivity index (χ2v) is 9.79. The maximum Gasteiger partial charge on any atom is 0.257 e. The molecule has 166 valence electrons. The van der Waals surface area contributed by atoms with Crippen LogP contribution < -0.4 is 10.5 Å². The van der Waals surface area contributed by atoms with E-state index in [-0.39, 0.29) is 17.2 Å². The van der Waals surface area contributed by atoms with Gasteiger partial charge in [-0.05, 0) is 81.0 Å². The molecule has 1 aromatic carbocycles. The van der Waals surface area contributed by atoms with Crippen LogP contribution in [0.5, 0.6) is 0 Å². The van der Waals surface area contributed by atoms with Crippen LogP contribution >= 0.6 is 0 Å². The van der Waals surface area contributed by atoms with Gasteiger partial charge in [-0.2, -0.15) is 0 Å². The van der Waals surface area contributed by atoms with Gasteiger partial charge in [0.2, 0.25) is 5.82 Å². The molecule has 0 bridgehead atoms. The summed E-state index contributed by atoms with van der Waals surface area (Å²) >= 11 is 0. The molecule has 2 atom stereocenters. The van der Waals surface area contributed by atoms with E-state index in [1.54, 1.807) is 0 Å². The van der Waals surface area contributed by atoms with Crippen LogP contribution in [0.25, 0.3) is 10.9 Å². The van der Waals surface area contributed by atoms with Crippen LogP contribution in [0.2, 0.25) is 0 Å². The summed E-state index contributed by atoms with van der Waals surface area (Å²) in [5, 5.41) is 13.5. The van der Waals surface area contributed by atoms with Crippen molar-refractivity contribution in [2.75, 3.05) is 13.2 Å². The molecule has 2 N–H and O–H groups in total. The van der Waals surface area contributed by atoms with Crippen molar-refractivity contribution in [1.82, 2.24) is 25.2 Å². The zero-order valence-corrected chi connectivity index (χ0v) is 19.2. The number of nitrogens with one attached hydrogen (secondary N) is 2. The van der Waals surface area contributed by atoms with Crippen molar-refractivity contribution >= 4 is 10.9 Å². The first-order chi connectivity index (χ1) is 14.7. The summed E-state index contributed by atoms with van der Waals surface area (Å²) < 4.78 is 7.78. The Morgan fingerprint density at radius 3 is 2.74 bits per heavy atom. The lowest BCUT2D eigenvalue weighted by atomic mass is 10.0. The van der Waals surface area contributed by atoms with Gasteiger partial charge in [-0.1, -0.05) is 11.6 Å². The van der Waals surface area contributed by atoms with E-state index >= 15 is 0 Å². The van der Waals surface area contributed by atoms with Crippen molar-refractivity contribution in [2.24, 2.45) is 0 Å². The number of aryl methyl sites for hydroxylation is 2. The van der Waals surface area contributed by atoms with Gasteiger partial charge in [0, 0.05) is 6.61 Å². The van der Waals surface area contributed by atoms with E-state index in [9.17, 15) is 4.79 Å². The Morgan fingerprint density at radius 2 is 2.03 bits per heavy atom. The molecule has 31 heavy (non-hydrogen) atoms. The molecule has 1 saturated heterocycles. The summed E-state index contributed by atoms with van der Waals surface area (Å²) in [6.45, 7) is 13.2. The summed E-state index contributed by atoms with van der Waals surface area (Å²) in [7, 11) is 0. The number of aromatic nitrogens is 5. The average molecular weight is 426 g/mol. The third-order valence-corrected chi connectivity index (χ3v) is 5.93. The van der Waals surface area contributed by atoms with E-state index in [1.165, 1.54) is 10.5 Å². The van der Waals surface area contributed by atoms with Crippen LogP contribution in [-0.2, 0) is 23.4 Å². The number of quaternary nitrogens is 1. The monoisotopic (exact) mass is 425 g/mol. The van der Waals surface area contributed by atoms with E-state index < -0.39 is 0 Å². The first-order valence-electron chi connectivity index (χ1n) is 11.1. The van der Waals surface area contributed by atoms with Gasteiger partial charge in [0.05, 0.1) is 16.6 Å². The van der Waals surface area contributed by atoms with Gasteiger partial charge in [-0.15, -0.1) is 5.10 Å². The highest BCUT2D eigenvalue weighted by Gasteiger charge is 2.27. The van der Waals surface area contributed by atoms with Crippen LogP contribution in [0.1, 0.15) is 56.1 Å². The van der Waals surface area contributed by atoms with Gasteiger partial charge in [0.25, 0.3) is 5.56 Å². The molecule has 2 aromatic heterocycles. The molecule has 8 nitrogen and oxygen atoms in total. The molecule has 0 aliphatic carbocycles. The quantitative estimate of drug-likeness (QED) is 0.627. The Hall–Kier alpha value is -2.58. The molecule has 0 amide bonds. The number of tetrazole rings is 1. The molecular formula is C23H33N6O2+. The van der Waals surface area contributed by atoms with Gasteiger partial charge < -0.3 is 14.6 Å². The molecule has 0 radical (unpaired) electrons. The number of aromatic amines is 1. The normalized spacial score (nSPS) is 18.0. The minimum atomic E-state index is -0.205. The predicted molar refractivity (Wildman–Crippen MR) is 119 cm³/mol. The number of nitrogens with zero attached hydrogens (tertiary/aromatic N) is 4. The smallest absolute Gasteiger partial charge is 0.257 e. The summed E-state index contributed by atoms with van der Waals surface area (Å²) in [6, 6.07) is 6.26. The highest BCUT2D eigenvalue weighted by Crippen LogP contribution is 2.18. The maximum atomic E-state index is 12.9. The van der Waals surface area contributed by atoms with Gasteiger partial charge in [0.15, 0.2) is 0 Å². The second kappa shape index (κ2) is 8.51. The van der Waals surface area contributed by atoms with Gasteiger partial charge in [-0.3, -0.25) is 4.79 Å². The molecule has 4 rings (SSSR count). The molecule has 1 fully saturated rings. The summed E-state index contributed by atoms with van der Waals surface area (Å²) in [5.41, 5.74) is 3.74. The number of rotatable bonds is 6. The van der Waals surface area contributed by atoms with Gasteiger partial charge in [-0.25, -0.2) is 4.68 Å². The van der Waals surface area contributed by atoms with Crippen LogP contribution in [0.15, 0.2) is 23.0 Å². The average Bonchev–Trinajstić information content (AvgIpc) is 3.34. The van der Waals surface area contributed by atoms with Gasteiger partial charge in [0.1, 0.15) is 25.7 Å². The Bertz CT molecular complexity index is 1120. The number of benzene rings is 1. The van der Waals surface area contributed by atoms with Crippen LogP contribution in [-0.4, -0.2) is 44.4 Å². The lowest BCUT2D eigenvalue weighted by Crippen LogP contribution is -3.10. The molecule has 1 aliphatic heterocycles. The number of fused-ring (bicyclic) bond motifs is 1. The summed E-state index contributed by atoms with van der Waals surface area (Å²) in [5.74, 6) is 0.824. The van der Waals surface area contributed by atoms with E-state index in [4.69, 9.17) is 4.74 Å². The number of hydrogen-bond acceptors (Lipinski definition) is 5. The highest BCUT2D eigenvalue weighted by molar-refractivity contribution is 5.82. The van der Waals surface area contributed by atoms with E-state index in [0.29, 0.717) is 13.1 Å². The van der Waals surface area contributed by atoms with Crippen molar-refractivity contribution in [1.29, 1.82) is 0 Å². The summed E-state index contributed by atoms with van der Waals surface area (Å²) in [4.78, 5) is 17.3. The van der Waals surface area contributed by atoms with Crippen molar-refractivity contribution in [3.63, 3.8) is 0 Å². The molecule has 1 aliphatic rings. The van der Waals surface area contributed by atoms with Crippen LogP contribution in [0, 0.1) is 13.8 Å². The maximum absolute atomic E-state index is 12.9. The Balaban J connectivity index is 1.65. The third-order valence-electron chi connectivity index (χ3n) is 5.93. The molecule has 8 heteroatoms. The zero-order chi connectivity index (χ0) is 22.2. The molecule has 3 aromatic rings. The Labute approximate surface area is 182 Å².